The van der Waals surface area contributed by atoms with Crippen molar-refractivity contribution in [2.45, 2.75) is 51.6 Å². The molecule has 0 aliphatic rings. The number of aryl methyl sites for hydroxylation is 1. The molecule has 1 unspecified atom stereocenters. The van der Waals surface area contributed by atoms with Gasteiger partial charge in [-0.3, -0.25) is 0 Å². The second-order valence-electron chi connectivity index (χ2n) is 5.55. The lowest BCUT2D eigenvalue weighted by Crippen LogP contribution is -2.40. The molecule has 0 spiro atoms. The molecule has 1 N–H and O–H groups in total. The molecule has 2 atom stereocenters. The summed E-state index contributed by atoms with van der Waals surface area (Å²) in [6, 6.07) is -0.286. The minimum atomic E-state index is -4.39. The normalized spacial score (nSPS) is 15.9. The van der Waals surface area contributed by atoms with Gasteiger partial charge in [0.1, 0.15) is 4.75 Å². The lowest BCUT2D eigenvalue weighted by atomic mass is 10.2. The van der Waals surface area contributed by atoms with Crippen LogP contribution in [0.15, 0.2) is 0 Å². The zero-order valence-electron chi connectivity index (χ0n) is 12.5. The van der Waals surface area contributed by atoms with E-state index >= 15 is 0 Å². The first-order chi connectivity index (χ1) is 9.40. The first-order valence-corrected chi connectivity index (χ1v) is 8.21. The van der Waals surface area contributed by atoms with Gasteiger partial charge in [-0.15, -0.1) is 4.72 Å². The summed E-state index contributed by atoms with van der Waals surface area (Å²) in [5.41, 5.74) is 0.572. The molecular formula is C12H19F3N2O2S2. The monoisotopic (exact) mass is 344 g/mol. The van der Waals surface area contributed by atoms with E-state index in [0.717, 1.165) is 11.3 Å². The van der Waals surface area contributed by atoms with Crippen LogP contribution in [-0.4, -0.2) is 27.1 Å². The summed E-state index contributed by atoms with van der Waals surface area (Å²) in [7, 11) is 0. The summed E-state index contributed by atoms with van der Waals surface area (Å²) < 4.78 is 55.5. The quantitative estimate of drug-likeness (QED) is 0.831. The van der Waals surface area contributed by atoms with Crippen molar-refractivity contribution in [1.29, 1.82) is 0 Å². The molecule has 9 heteroatoms. The van der Waals surface area contributed by atoms with E-state index in [0.29, 0.717) is 10.6 Å². The Hall–Kier alpha value is -0.510. The topological polar surface area (TPSA) is 57.2 Å². The number of nitrogens with zero attached hydrogens (tertiary/aromatic N) is 1. The third-order valence-electron chi connectivity index (χ3n) is 2.41. The van der Waals surface area contributed by atoms with Crippen LogP contribution in [0, 0.1) is 6.92 Å². The molecule has 0 amide bonds. The van der Waals surface area contributed by atoms with E-state index < -0.39 is 28.9 Å². The molecule has 0 aliphatic carbocycles. The van der Waals surface area contributed by atoms with Crippen molar-refractivity contribution in [3.8, 4) is 5.19 Å². The Morgan fingerprint density at radius 2 is 1.95 bits per heavy atom. The van der Waals surface area contributed by atoms with E-state index in [4.69, 9.17) is 0 Å². The van der Waals surface area contributed by atoms with Crippen molar-refractivity contribution in [3.63, 3.8) is 0 Å². The third kappa shape index (κ3) is 6.01. The average Bonchev–Trinajstić information content (AvgIpc) is 2.66. The predicted octanol–water partition coefficient (Wildman–Crippen LogP) is 3.51. The summed E-state index contributed by atoms with van der Waals surface area (Å²) in [6.07, 6.45) is -4.39. The maximum Gasteiger partial charge on any atom is 0.422 e. The van der Waals surface area contributed by atoms with Crippen molar-refractivity contribution in [2.24, 2.45) is 0 Å². The number of alkyl halides is 3. The molecule has 1 rings (SSSR count). The van der Waals surface area contributed by atoms with Gasteiger partial charge in [0.15, 0.2) is 6.61 Å². The molecule has 122 valence electrons. The molecule has 0 aliphatic heterocycles. The highest BCUT2D eigenvalue weighted by molar-refractivity contribution is 7.90. The van der Waals surface area contributed by atoms with Crippen LogP contribution in [0.25, 0.3) is 0 Å². The highest BCUT2D eigenvalue weighted by Gasteiger charge is 2.31. The van der Waals surface area contributed by atoms with Crippen LogP contribution in [-0.2, 0) is 11.4 Å². The van der Waals surface area contributed by atoms with Gasteiger partial charge in [-0.2, -0.15) is 13.2 Å². The Bertz CT molecular complexity index is 472. The number of ether oxygens (including phenoxy) is 1. The summed E-state index contributed by atoms with van der Waals surface area (Å²) in [4.78, 5) is 4.67. The smallest absolute Gasteiger partial charge is 0.422 e. The fourth-order valence-corrected chi connectivity index (χ4v) is 3.17. The molecule has 0 saturated heterocycles. The Balaban J connectivity index is 2.73. The highest BCUT2D eigenvalue weighted by atomic mass is 32.2. The predicted molar refractivity (Wildman–Crippen MR) is 77.8 cm³/mol. The van der Waals surface area contributed by atoms with Crippen molar-refractivity contribution < 1.29 is 22.5 Å². The van der Waals surface area contributed by atoms with E-state index in [2.05, 4.69) is 14.4 Å². The Morgan fingerprint density at radius 1 is 1.38 bits per heavy atom. The third-order valence-corrected chi connectivity index (χ3v) is 5.34. The van der Waals surface area contributed by atoms with Crippen LogP contribution >= 0.6 is 11.3 Å². The van der Waals surface area contributed by atoms with E-state index in [1.807, 2.05) is 20.8 Å². The maximum absolute atomic E-state index is 12.1. The Labute approximate surface area is 129 Å². The second kappa shape index (κ2) is 6.72. The van der Waals surface area contributed by atoms with Gasteiger partial charge in [-0.25, -0.2) is 4.98 Å². The number of rotatable bonds is 5. The van der Waals surface area contributed by atoms with Gasteiger partial charge < -0.3 is 9.29 Å². The summed E-state index contributed by atoms with van der Waals surface area (Å²) in [6.45, 7) is 7.61. The number of thiazole rings is 1. The van der Waals surface area contributed by atoms with Gasteiger partial charge in [0.2, 0.25) is 0 Å². The van der Waals surface area contributed by atoms with Gasteiger partial charge in [0, 0.05) is 11.4 Å². The van der Waals surface area contributed by atoms with Crippen LogP contribution < -0.4 is 9.46 Å². The van der Waals surface area contributed by atoms with Crippen molar-refractivity contribution in [3.05, 3.63) is 10.6 Å². The summed E-state index contributed by atoms with van der Waals surface area (Å²) in [5.74, 6) is 0. The van der Waals surface area contributed by atoms with Crippen LogP contribution in [0.2, 0.25) is 0 Å². The van der Waals surface area contributed by atoms with Gasteiger partial charge in [-0.1, -0.05) is 11.3 Å². The zero-order valence-corrected chi connectivity index (χ0v) is 14.1. The standard InChI is InChI=1S/C12H19F3N2O2S2/c1-7-9(8(2)17-21(18)11(3,4)5)20-10(16-7)19-6-12(13,14)15/h8,17H,6H2,1-5H3/t8-,21?/m1/s1. The van der Waals surface area contributed by atoms with Crippen LogP contribution in [0.1, 0.15) is 44.3 Å². The number of hydrogen-bond acceptors (Lipinski definition) is 5. The Kier molecular flexibility index (Phi) is 5.93. The van der Waals surface area contributed by atoms with Gasteiger partial charge in [-0.05, 0) is 34.6 Å². The largest absolute Gasteiger partial charge is 0.598 e. The first kappa shape index (κ1) is 18.5. The summed E-state index contributed by atoms with van der Waals surface area (Å²) in [5, 5.41) is -0.0324. The lowest BCUT2D eigenvalue weighted by molar-refractivity contribution is -0.153. The van der Waals surface area contributed by atoms with Gasteiger partial charge in [0.05, 0.1) is 16.6 Å². The van der Waals surface area contributed by atoms with E-state index in [-0.39, 0.29) is 11.2 Å². The van der Waals surface area contributed by atoms with Crippen LogP contribution in [0.4, 0.5) is 13.2 Å². The maximum atomic E-state index is 12.1. The molecular weight excluding hydrogens is 325 g/mol. The number of halogens is 3. The second-order valence-corrected chi connectivity index (χ2v) is 8.55. The molecule has 1 heterocycles. The molecule has 1 aromatic heterocycles. The number of hydrogen-bond donors (Lipinski definition) is 1. The van der Waals surface area contributed by atoms with Crippen molar-refractivity contribution >= 4 is 22.7 Å². The molecule has 0 saturated carbocycles. The van der Waals surface area contributed by atoms with Gasteiger partial charge in [0.25, 0.3) is 5.19 Å². The molecule has 0 fully saturated rings. The van der Waals surface area contributed by atoms with Crippen LogP contribution in [0.5, 0.6) is 5.19 Å². The van der Waals surface area contributed by atoms with E-state index in [1.165, 1.54) is 0 Å². The highest BCUT2D eigenvalue weighted by Crippen LogP contribution is 2.32. The van der Waals surface area contributed by atoms with Crippen molar-refractivity contribution in [2.75, 3.05) is 6.61 Å². The Morgan fingerprint density at radius 3 is 2.43 bits per heavy atom. The summed E-state index contributed by atoms with van der Waals surface area (Å²) >= 11 is -0.246. The molecule has 0 aromatic carbocycles. The van der Waals surface area contributed by atoms with E-state index in [1.54, 1.807) is 13.8 Å². The minimum Gasteiger partial charge on any atom is -0.598 e. The lowest BCUT2D eigenvalue weighted by Gasteiger charge is -2.26. The number of nitrogens with one attached hydrogen (secondary N) is 1. The van der Waals surface area contributed by atoms with Crippen molar-refractivity contribution in [1.82, 2.24) is 9.71 Å². The van der Waals surface area contributed by atoms with Gasteiger partial charge >= 0.3 is 6.18 Å². The SMILES string of the molecule is Cc1nc(OCC(F)(F)F)sc1[C@@H](C)N[S+]([O-])C(C)(C)C. The van der Waals surface area contributed by atoms with E-state index in [9.17, 15) is 17.7 Å². The molecule has 21 heavy (non-hydrogen) atoms. The molecule has 4 nitrogen and oxygen atoms in total. The fraction of sp³-hybridized carbons (Fsp3) is 0.750. The van der Waals surface area contributed by atoms with Crippen LogP contribution in [0.3, 0.4) is 0 Å². The first-order valence-electron chi connectivity index (χ1n) is 6.25. The molecule has 1 aromatic rings. The minimum absolute atomic E-state index is 0.0324. The zero-order chi connectivity index (χ0) is 16.4. The average molecular weight is 344 g/mol. The fourth-order valence-electron chi connectivity index (χ4n) is 1.38. The number of aromatic nitrogens is 1. The molecule has 0 bridgehead atoms. The molecule has 0 radical (unpaired) electrons.